The second-order valence-electron chi connectivity index (χ2n) is 5.14. The Morgan fingerprint density at radius 3 is 2.84 bits per heavy atom. The summed E-state index contributed by atoms with van der Waals surface area (Å²) in [6.07, 6.45) is 2.99. The van der Waals surface area contributed by atoms with Crippen molar-refractivity contribution in [2.75, 3.05) is 20.1 Å². The molecule has 1 saturated heterocycles. The van der Waals surface area contributed by atoms with E-state index in [0.29, 0.717) is 18.0 Å². The van der Waals surface area contributed by atoms with Crippen LogP contribution < -0.4 is 5.32 Å². The van der Waals surface area contributed by atoms with Gasteiger partial charge in [0.1, 0.15) is 0 Å². The summed E-state index contributed by atoms with van der Waals surface area (Å²) in [5.74, 6) is 0. The molecule has 0 amide bonds. The van der Waals surface area contributed by atoms with Gasteiger partial charge in [0, 0.05) is 19.1 Å². The number of aryl methyl sites for hydroxylation is 1. The summed E-state index contributed by atoms with van der Waals surface area (Å²) in [6.45, 7) is 3.26. The summed E-state index contributed by atoms with van der Waals surface area (Å²) in [5.41, 5.74) is 0.975. The molecule has 0 aromatic heterocycles. The zero-order valence-corrected chi connectivity index (χ0v) is 12.4. The van der Waals surface area contributed by atoms with Crippen molar-refractivity contribution in [1.29, 1.82) is 0 Å². The highest BCUT2D eigenvalue weighted by Gasteiger charge is 2.32. The van der Waals surface area contributed by atoms with Gasteiger partial charge < -0.3 is 5.32 Å². The molecule has 1 unspecified atom stereocenters. The van der Waals surface area contributed by atoms with Gasteiger partial charge >= 0.3 is 0 Å². The Hall–Kier alpha value is -0.910. The molecule has 0 radical (unpaired) electrons. The summed E-state index contributed by atoms with van der Waals surface area (Å²) in [7, 11) is -1.50. The van der Waals surface area contributed by atoms with Crippen molar-refractivity contribution in [1.82, 2.24) is 9.62 Å². The third-order valence-corrected chi connectivity index (χ3v) is 5.56. The molecule has 0 saturated carbocycles. The van der Waals surface area contributed by atoms with Crippen LogP contribution in [0.2, 0.25) is 0 Å². The third-order valence-electron chi connectivity index (χ3n) is 3.61. The lowest BCUT2D eigenvalue weighted by molar-refractivity contribution is 0.249. The quantitative estimate of drug-likeness (QED) is 0.915. The highest BCUT2D eigenvalue weighted by Crippen LogP contribution is 2.25. The highest BCUT2D eigenvalue weighted by molar-refractivity contribution is 7.89. The highest BCUT2D eigenvalue weighted by atomic mass is 32.2. The number of benzene rings is 1. The minimum Gasteiger partial charge on any atom is -0.318 e. The Balaban J connectivity index is 2.31. The minimum atomic E-state index is -3.36. The number of piperidine rings is 1. The molecule has 1 aliphatic rings. The number of hydrogen-bond acceptors (Lipinski definition) is 3. The number of nitrogens with zero attached hydrogens (tertiary/aromatic N) is 1. The second-order valence-corrected chi connectivity index (χ2v) is 7.03. The van der Waals surface area contributed by atoms with Crippen LogP contribution in [-0.4, -0.2) is 38.9 Å². The van der Waals surface area contributed by atoms with E-state index in [1.54, 1.807) is 22.5 Å². The van der Waals surface area contributed by atoms with Crippen molar-refractivity contribution in [2.45, 2.75) is 37.1 Å². The monoisotopic (exact) mass is 282 g/mol. The van der Waals surface area contributed by atoms with Gasteiger partial charge in [0.25, 0.3) is 0 Å². The molecule has 2 rings (SSSR count). The van der Waals surface area contributed by atoms with Gasteiger partial charge in [-0.15, -0.1) is 0 Å². The van der Waals surface area contributed by atoms with Crippen molar-refractivity contribution in [3.63, 3.8) is 0 Å². The number of likely N-dealkylation sites (N-methyl/N-ethyl adjacent to an activating group) is 1. The SMILES string of the molecule is CNCC1CCCCN1S(=O)(=O)c1cccc(C)c1. The lowest BCUT2D eigenvalue weighted by Crippen LogP contribution is -2.47. The standard InChI is InChI=1S/C14H22N2O2S/c1-12-6-5-8-14(10-12)19(17,18)16-9-4-3-7-13(16)11-15-2/h5-6,8,10,13,15H,3-4,7,9,11H2,1-2H3. The molecule has 1 atom stereocenters. The Morgan fingerprint density at radius 1 is 1.37 bits per heavy atom. The maximum absolute atomic E-state index is 12.7. The maximum Gasteiger partial charge on any atom is 0.243 e. The molecule has 4 nitrogen and oxygen atoms in total. The first kappa shape index (κ1) is 14.5. The summed E-state index contributed by atoms with van der Waals surface area (Å²) in [6, 6.07) is 7.23. The number of rotatable bonds is 4. The predicted octanol–water partition coefficient (Wildman–Crippen LogP) is 1.76. The van der Waals surface area contributed by atoms with Crippen LogP contribution >= 0.6 is 0 Å². The van der Waals surface area contributed by atoms with Gasteiger partial charge in [-0.25, -0.2) is 8.42 Å². The first-order valence-electron chi connectivity index (χ1n) is 6.79. The Kier molecular flexibility index (Phi) is 4.60. The van der Waals surface area contributed by atoms with Gasteiger partial charge in [0.15, 0.2) is 0 Å². The largest absolute Gasteiger partial charge is 0.318 e. The zero-order chi connectivity index (χ0) is 13.9. The van der Waals surface area contributed by atoms with Crippen LogP contribution in [-0.2, 0) is 10.0 Å². The fraction of sp³-hybridized carbons (Fsp3) is 0.571. The van der Waals surface area contributed by atoms with Crippen molar-refractivity contribution < 1.29 is 8.42 Å². The lowest BCUT2D eigenvalue weighted by Gasteiger charge is -2.34. The van der Waals surface area contributed by atoms with E-state index in [9.17, 15) is 8.42 Å². The molecule has 19 heavy (non-hydrogen) atoms. The predicted molar refractivity (Wildman–Crippen MR) is 76.6 cm³/mol. The van der Waals surface area contributed by atoms with Crippen molar-refractivity contribution in [2.24, 2.45) is 0 Å². The van der Waals surface area contributed by atoms with E-state index < -0.39 is 10.0 Å². The Bertz CT molecular complexity index is 526. The molecule has 1 N–H and O–H groups in total. The van der Waals surface area contributed by atoms with Crippen LogP contribution in [0.25, 0.3) is 0 Å². The van der Waals surface area contributed by atoms with Crippen LogP contribution in [0.5, 0.6) is 0 Å². The van der Waals surface area contributed by atoms with Crippen LogP contribution in [0.4, 0.5) is 0 Å². The number of hydrogen-bond donors (Lipinski definition) is 1. The van der Waals surface area contributed by atoms with Crippen LogP contribution in [0.3, 0.4) is 0 Å². The Morgan fingerprint density at radius 2 is 2.16 bits per heavy atom. The van der Waals surface area contributed by atoms with Crippen LogP contribution in [0.1, 0.15) is 24.8 Å². The second kappa shape index (κ2) is 6.03. The molecule has 1 fully saturated rings. The normalized spacial score (nSPS) is 21.5. The molecule has 1 aromatic rings. The molecule has 0 aliphatic carbocycles. The summed E-state index contributed by atoms with van der Waals surface area (Å²) < 4.78 is 27.1. The smallest absolute Gasteiger partial charge is 0.243 e. The Labute approximate surface area is 115 Å². The fourth-order valence-corrected chi connectivity index (χ4v) is 4.44. The van der Waals surface area contributed by atoms with Gasteiger partial charge in [0.2, 0.25) is 10.0 Å². The van der Waals surface area contributed by atoms with Crippen LogP contribution in [0, 0.1) is 6.92 Å². The van der Waals surface area contributed by atoms with Gasteiger partial charge in [-0.1, -0.05) is 18.6 Å². The van der Waals surface area contributed by atoms with E-state index in [4.69, 9.17) is 0 Å². The van der Waals surface area contributed by atoms with Gasteiger partial charge in [-0.3, -0.25) is 0 Å². The fourth-order valence-electron chi connectivity index (χ4n) is 2.64. The molecule has 106 valence electrons. The van der Waals surface area contributed by atoms with Crippen LogP contribution in [0.15, 0.2) is 29.2 Å². The summed E-state index contributed by atoms with van der Waals surface area (Å²) >= 11 is 0. The molecule has 1 aliphatic heterocycles. The summed E-state index contributed by atoms with van der Waals surface area (Å²) in [4.78, 5) is 0.413. The zero-order valence-electron chi connectivity index (χ0n) is 11.6. The van der Waals surface area contributed by atoms with E-state index in [0.717, 1.165) is 24.8 Å². The maximum atomic E-state index is 12.7. The molecule has 0 bridgehead atoms. The number of nitrogens with one attached hydrogen (secondary N) is 1. The molecular weight excluding hydrogens is 260 g/mol. The molecule has 1 aromatic carbocycles. The van der Waals surface area contributed by atoms with Gasteiger partial charge in [-0.05, 0) is 44.5 Å². The van der Waals surface area contributed by atoms with Gasteiger partial charge in [0.05, 0.1) is 4.90 Å². The van der Waals surface area contributed by atoms with Gasteiger partial charge in [-0.2, -0.15) is 4.31 Å². The number of sulfonamides is 1. The van der Waals surface area contributed by atoms with Crippen molar-refractivity contribution >= 4 is 10.0 Å². The third kappa shape index (κ3) is 3.16. The van der Waals surface area contributed by atoms with E-state index in [1.807, 2.05) is 20.0 Å². The van der Waals surface area contributed by atoms with E-state index in [2.05, 4.69) is 5.32 Å². The van der Waals surface area contributed by atoms with E-state index >= 15 is 0 Å². The first-order valence-corrected chi connectivity index (χ1v) is 8.23. The first-order chi connectivity index (χ1) is 9.05. The molecule has 1 heterocycles. The van der Waals surface area contributed by atoms with Crippen molar-refractivity contribution in [3.05, 3.63) is 29.8 Å². The minimum absolute atomic E-state index is 0.0734. The molecular formula is C14H22N2O2S. The summed E-state index contributed by atoms with van der Waals surface area (Å²) in [5, 5.41) is 3.10. The van der Waals surface area contributed by atoms with E-state index in [-0.39, 0.29) is 6.04 Å². The lowest BCUT2D eigenvalue weighted by atomic mass is 10.1. The average Bonchev–Trinajstić information content (AvgIpc) is 2.39. The average molecular weight is 282 g/mol. The topological polar surface area (TPSA) is 49.4 Å². The van der Waals surface area contributed by atoms with E-state index in [1.165, 1.54) is 0 Å². The van der Waals surface area contributed by atoms with Crippen molar-refractivity contribution in [3.8, 4) is 0 Å². The molecule has 5 heteroatoms. The molecule has 0 spiro atoms.